The Balaban J connectivity index is 3.90. The molecule has 0 aliphatic heterocycles. The number of amides is 1. The Morgan fingerprint density at radius 1 is 0.882 bits per heavy atom. The van der Waals surface area contributed by atoms with Crippen LogP contribution in [0.5, 0.6) is 0 Å². The van der Waals surface area contributed by atoms with Crippen LogP contribution in [0.1, 0.15) is 96.8 Å². The summed E-state index contributed by atoms with van der Waals surface area (Å²) in [4.78, 5) is 35.2. The number of unbranched alkanes of at least 4 members (excludes halogenated alkanes) is 12. The van der Waals surface area contributed by atoms with E-state index in [0.29, 0.717) is 17.4 Å². The van der Waals surface area contributed by atoms with Crippen molar-refractivity contribution in [3.63, 3.8) is 0 Å². The first-order valence-corrected chi connectivity index (χ1v) is 14.4. The highest BCUT2D eigenvalue weighted by atomic mass is 31.2. The molecule has 9 nitrogen and oxygen atoms in total. The number of aliphatic carboxylic acids is 1. The smallest absolute Gasteiger partial charge is 0.328 e. The summed E-state index contributed by atoms with van der Waals surface area (Å²) in [6.45, 7) is 1.89. The Labute approximate surface area is 206 Å². The lowest BCUT2D eigenvalue weighted by Gasteiger charge is -2.28. The van der Waals surface area contributed by atoms with Crippen LogP contribution in [0, 0.1) is 0 Å². The minimum atomic E-state index is -4.64. The molecule has 2 N–H and O–H groups in total. The number of nitrogens with zero attached hydrogens (tertiary/aromatic N) is 1. The summed E-state index contributed by atoms with van der Waals surface area (Å²) in [5.41, 5.74) is 0. The Hall–Kier alpha value is -0.990. The number of carboxylic acids is 1. The van der Waals surface area contributed by atoms with Gasteiger partial charge in [0.25, 0.3) is 7.82 Å². The average Bonchev–Trinajstić information content (AvgIpc) is 2.73. The molecule has 0 aromatic rings. The monoisotopic (exact) mass is 508 g/mol. The standard InChI is InChI=1S/C24H49N2O7P/c1-5-6-7-8-9-10-11-12-13-14-15-16-17-18-23(27)25-22(24(28)29)21-33-34(30,31)32-20-19-26(2,3)4/h22H,5-21H2,1-4H3,(H2-,25,27,28,29,30,31)/t22-/m1/s1. The molecule has 0 spiro atoms. The van der Waals surface area contributed by atoms with Gasteiger partial charge in [-0.25, -0.2) is 4.79 Å². The van der Waals surface area contributed by atoms with E-state index in [4.69, 9.17) is 4.52 Å². The number of carbonyl (C=O) groups excluding carboxylic acids is 1. The molecule has 0 fully saturated rings. The summed E-state index contributed by atoms with van der Waals surface area (Å²) >= 11 is 0. The molecular weight excluding hydrogens is 459 g/mol. The second-order valence-corrected chi connectivity index (χ2v) is 11.5. The SMILES string of the molecule is CCCCCCCCCCCCCCCC(=O)N[C@H](COP(=O)([O-])OCC[N+](C)(C)C)C(=O)O. The molecule has 0 aromatic carbocycles. The molecule has 0 aliphatic carbocycles. The molecule has 0 saturated carbocycles. The molecule has 34 heavy (non-hydrogen) atoms. The van der Waals surface area contributed by atoms with Crippen molar-refractivity contribution in [1.29, 1.82) is 0 Å². The quantitative estimate of drug-likeness (QED) is 0.120. The van der Waals surface area contributed by atoms with Gasteiger partial charge in [0.1, 0.15) is 13.2 Å². The fourth-order valence-corrected chi connectivity index (χ4v) is 4.09. The second kappa shape index (κ2) is 19.2. The van der Waals surface area contributed by atoms with Crippen LogP contribution in [-0.2, 0) is 23.2 Å². The van der Waals surface area contributed by atoms with Gasteiger partial charge >= 0.3 is 5.97 Å². The zero-order valence-corrected chi connectivity index (χ0v) is 22.8. The molecule has 202 valence electrons. The predicted octanol–water partition coefficient (Wildman–Crippen LogP) is 4.24. The summed E-state index contributed by atoms with van der Waals surface area (Å²) in [6, 6.07) is -1.45. The zero-order chi connectivity index (χ0) is 25.9. The Morgan fingerprint density at radius 3 is 1.79 bits per heavy atom. The highest BCUT2D eigenvalue weighted by Gasteiger charge is 2.23. The van der Waals surface area contributed by atoms with Gasteiger partial charge in [-0.05, 0) is 6.42 Å². The van der Waals surface area contributed by atoms with E-state index in [1.807, 2.05) is 21.1 Å². The number of quaternary nitrogens is 1. The van der Waals surface area contributed by atoms with Gasteiger partial charge in [0.15, 0.2) is 6.04 Å². The van der Waals surface area contributed by atoms with Crippen molar-refractivity contribution in [2.24, 2.45) is 0 Å². The van der Waals surface area contributed by atoms with Crippen molar-refractivity contribution in [3.8, 4) is 0 Å². The van der Waals surface area contributed by atoms with E-state index in [-0.39, 0.29) is 13.0 Å². The number of hydrogen-bond donors (Lipinski definition) is 2. The first-order valence-electron chi connectivity index (χ1n) is 12.9. The number of phosphoric ester groups is 1. The summed E-state index contributed by atoms with van der Waals surface area (Å²) in [5, 5.41) is 11.6. The van der Waals surface area contributed by atoms with Crippen molar-refractivity contribution in [3.05, 3.63) is 0 Å². The van der Waals surface area contributed by atoms with Crippen LogP contribution in [0.15, 0.2) is 0 Å². The van der Waals surface area contributed by atoms with Crippen molar-refractivity contribution in [2.75, 3.05) is 40.9 Å². The van der Waals surface area contributed by atoms with Crippen molar-refractivity contribution in [2.45, 2.75) is 103 Å². The van der Waals surface area contributed by atoms with E-state index in [1.165, 1.54) is 57.8 Å². The maximum Gasteiger partial charge on any atom is 0.328 e. The molecule has 0 aromatic heterocycles. The molecule has 1 unspecified atom stereocenters. The first-order chi connectivity index (χ1) is 16.0. The van der Waals surface area contributed by atoms with Gasteiger partial charge in [-0.15, -0.1) is 0 Å². The van der Waals surface area contributed by atoms with Gasteiger partial charge in [0.2, 0.25) is 5.91 Å². The fraction of sp³-hybridized carbons (Fsp3) is 0.917. The average molecular weight is 509 g/mol. The zero-order valence-electron chi connectivity index (χ0n) is 21.9. The summed E-state index contributed by atoms with van der Waals surface area (Å²) < 4.78 is 21.7. The number of phosphoric acid groups is 1. The highest BCUT2D eigenvalue weighted by molar-refractivity contribution is 7.45. The third-order valence-electron chi connectivity index (χ3n) is 5.55. The molecule has 1 amide bonds. The molecule has 0 bridgehead atoms. The van der Waals surface area contributed by atoms with E-state index in [0.717, 1.165) is 19.3 Å². The van der Waals surface area contributed by atoms with Crippen LogP contribution in [0.3, 0.4) is 0 Å². The maximum atomic E-state index is 12.1. The second-order valence-electron chi connectivity index (χ2n) is 10.0. The molecule has 0 heterocycles. The summed E-state index contributed by atoms with van der Waals surface area (Å²) in [5.74, 6) is -1.78. The van der Waals surface area contributed by atoms with Gasteiger partial charge in [-0.1, -0.05) is 84.0 Å². The molecule has 0 rings (SSSR count). The van der Waals surface area contributed by atoms with Crippen LogP contribution >= 0.6 is 7.82 Å². The third-order valence-corrected chi connectivity index (χ3v) is 6.52. The van der Waals surface area contributed by atoms with Crippen molar-refractivity contribution >= 4 is 19.7 Å². The van der Waals surface area contributed by atoms with Gasteiger partial charge in [-0.3, -0.25) is 9.36 Å². The number of carboxylic acid groups (broad SMARTS) is 1. The molecule has 10 heteroatoms. The minimum absolute atomic E-state index is 0.0760. The first kappa shape index (κ1) is 33.0. The largest absolute Gasteiger partial charge is 0.756 e. The number of likely N-dealkylation sites (N-methyl/N-ethyl adjacent to an activating group) is 1. The van der Waals surface area contributed by atoms with Crippen molar-refractivity contribution in [1.82, 2.24) is 5.32 Å². The van der Waals surface area contributed by atoms with E-state index in [2.05, 4.69) is 16.8 Å². The van der Waals surface area contributed by atoms with E-state index in [1.54, 1.807) is 0 Å². The number of nitrogens with one attached hydrogen (secondary N) is 1. The lowest BCUT2D eigenvalue weighted by Crippen LogP contribution is -2.44. The fourth-order valence-electron chi connectivity index (χ4n) is 3.37. The topological polar surface area (TPSA) is 125 Å². The highest BCUT2D eigenvalue weighted by Crippen LogP contribution is 2.38. The van der Waals surface area contributed by atoms with E-state index in [9.17, 15) is 24.2 Å². The van der Waals surface area contributed by atoms with Gasteiger partial charge in [-0.2, -0.15) is 0 Å². The molecule has 0 radical (unpaired) electrons. The number of rotatable bonds is 23. The van der Waals surface area contributed by atoms with Crippen molar-refractivity contribution < 1.29 is 37.7 Å². The molecular formula is C24H49N2O7P. The molecule has 2 atom stereocenters. The van der Waals surface area contributed by atoms with Crippen LogP contribution in [-0.4, -0.2) is 68.4 Å². The van der Waals surface area contributed by atoms with Gasteiger partial charge < -0.3 is 28.8 Å². The number of carbonyl (C=O) groups is 2. The Bertz CT molecular complexity index is 596. The summed E-state index contributed by atoms with van der Waals surface area (Å²) in [7, 11) is 1.01. The Morgan fingerprint density at radius 2 is 1.35 bits per heavy atom. The lowest BCUT2D eigenvalue weighted by molar-refractivity contribution is -0.870. The molecule has 0 saturated heterocycles. The molecule has 0 aliphatic rings. The summed E-state index contributed by atoms with van der Waals surface area (Å²) in [6.07, 6.45) is 15.8. The minimum Gasteiger partial charge on any atom is -0.756 e. The van der Waals surface area contributed by atoms with Gasteiger partial charge in [0.05, 0.1) is 27.7 Å². The van der Waals surface area contributed by atoms with Crippen LogP contribution < -0.4 is 10.2 Å². The normalized spacial score (nSPS) is 14.5. The third kappa shape index (κ3) is 21.5. The van der Waals surface area contributed by atoms with Crippen LogP contribution in [0.4, 0.5) is 0 Å². The van der Waals surface area contributed by atoms with Crippen LogP contribution in [0.25, 0.3) is 0 Å². The maximum absolute atomic E-state index is 12.1. The van der Waals surface area contributed by atoms with Crippen LogP contribution in [0.2, 0.25) is 0 Å². The number of hydrogen-bond acceptors (Lipinski definition) is 6. The lowest BCUT2D eigenvalue weighted by atomic mass is 10.0. The predicted molar refractivity (Wildman–Crippen MR) is 132 cm³/mol. The van der Waals surface area contributed by atoms with E-state index >= 15 is 0 Å². The van der Waals surface area contributed by atoms with Gasteiger partial charge in [0, 0.05) is 6.42 Å². The van der Waals surface area contributed by atoms with E-state index < -0.39 is 32.3 Å². The Kier molecular flexibility index (Phi) is 18.7.